The normalized spacial score (nSPS) is 10.0. The van der Waals surface area contributed by atoms with Crippen molar-refractivity contribution in [3.05, 3.63) is 18.0 Å². The first-order valence-corrected chi connectivity index (χ1v) is 5.01. The quantitative estimate of drug-likeness (QED) is 0.542. The Kier molecular flexibility index (Phi) is 4.81. The van der Waals surface area contributed by atoms with Gasteiger partial charge in [0.15, 0.2) is 0 Å². The van der Waals surface area contributed by atoms with Crippen LogP contribution in [0, 0.1) is 12.3 Å². The standard InChI is InChI=1S/C11H17N3/c1-2-3-4-8-14-10-11(9-13-14)6-5-7-12/h1,9-10H,3-8,12H2. The predicted molar refractivity (Wildman–Crippen MR) is 57.7 cm³/mol. The molecule has 0 spiro atoms. The molecule has 1 aromatic rings. The Morgan fingerprint density at radius 2 is 2.36 bits per heavy atom. The lowest BCUT2D eigenvalue weighted by atomic mass is 10.2. The van der Waals surface area contributed by atoms with Crippen molar-refractivity contribution in [1.29, 1.82) is 0 Å². The average Bonchev–Trinajstić information content (AvgIpc) is 2.63. The third-order valence-electron chi connectivity index (χ3n) is 2.06. The SMILES string of the molecule is C#CCCCn1cc(CCCN)cn1. The molecule has 0 aliphatic carbocycles. The molecule has 0 bridgehead atoms. The second-order valence-electron chi connectivity index (χ2n) is 3.31. The van der Waals surface area contributed by atoms with Crippen LogP contribution in [-0.4, -0.2) is 16.3 Å². The van der Waals surface area contributed by atoms with E-state index in [0.717, 1.165) is 38.8 Å². The third kappa shape index (κ3) is 3.63. The van der Waals surface area contributed by atoms with Crippen molar-refractivity contribution < 1.29 is 0 Å². The summed E-state index contributed by atoms with van der Waals surface area (Å²) >= 11 is 0. The lowest BCUT2D eigenvalue weighted by Crippen LogP contribution is -2.00. The van der Waals surface area contributed by atoms with Crippen LogP contribution in [0.15, 0.2) is 12.4 Å². The van der Waals surface area contributed by atoms with E-state index in [1.54, 1.807) is 0 Å². The number of aromatic nitrogens is 2. The Balaban J connectivity index is 2.32. The number of aryl methyl sites for hydroxylation is 2. The van der Waals surface area contributed by atoms with E-state index in [-0.39, 0.29) is 0 Å². The molecule has 0 amide bonds. The van der Waals surface area contributed by atoms with E-state index >= 15 is 0 Å². The summed E-state index contributed by atoms with van der Waals surface area (Å²) in [6.45, 7) is 1.65. The fourth-order valence-electron chi connectivity index (χ4n) is 1.31. The summed E-state index contributed by atoms with van der Waals surface area (Å²) in [5, 5.41) is 4.25. The molecule has 1 rings (SSSR count). The minimum absolute atomic E-state index is 0.738. The summed E-state index contributed by atoms with van der Waals surface area (Å²) in [5.74, 6) is 2.62. The minimum atomic E-state index is 0.738. The highest BCUT2D eigenvalue weighted by Gasteiger charge is 1.97. The Morgan fingerprint density at radius 1 is 1.50 bits per heavy atom. The maximum absolute atomic E-state index is 5.43. The molecule has 0 saturated heterocycles. The van der Waals surface area contributed by atoms with Crippen molar-refractivity contribution in [2.24, 2.45) is 5.73 Å². The van der Waals surface area contributed by atoms with Crippen LogP contribution in [-0.2, 0) is 13.0 Å². The number of nitrogens with zero attached hydrogens (tertiary/aromatic N) is 2. The zero-order valence-electron chi connectivity index (χ0n) is 8.45. The fraction of sp³-hybridized carbons (Fsp3) is 0.545. The second kappa shape index (κ2) is 6.22. The van der Waals surface area contributed by atoms with Crippen molar-refractivity contribution in [1.82, 2.24) is 9.78 Å². The van der Waals surface area contributed by atoms with Gasteiger partial charge >= 0.3 is 0 Å². The molecule has 0 saturated carbocycles. The molecule has 0 aliphatic rings. The summed E-state index contributed by atoms with van der Waals surface area (Å²) in [5.41, 5.74) is 6.69. The number of terminal acetylenes is 1. The maximum Gasteiger partial charge on any atom is 0.0521 e. The molecule has 1 heterocycles. The number of nitrogens with two attached hydrogens (primary N) is 1. The number of hydrogen-bond donors (Lipinski definition) is 1. The first-order chi connectivity index (χ1) is 6.86. The smallest absolute Gasteiger partial charge is 0.0521 e. The van der Waals surface area contributed by atoms with Gasteiger partial charge < -0.3 is 5.73 Å². The molecular formula is C11H17N3. The average molecular weight is 191 g/mol. The van der Waals surface area contributed by atoms with Crippen molar-refractivity contribution >= 4 is 0 Å². The van der Waals surface area contributed by atoms with Crippen LogP contribution in [0.1, 0.15) is 24.8 Å². The van der Waals surface area contributed by atoms with Gasteiger partial charge in [0.05, 0.1) is 6.20 Å². The van der Waals surface area contributed by atoms with Gasteiger partial charge in [-0.2, -0.15) is 5.10 Å². The molecule has 0 radical (unpaired) electrons. The fourth-order valence-corrected chi connectivity index (χ4v) is 1.31. The highest BCUT2D eigenvalue weighted by molar-refractivity contribution is 5.03. The summed E-state index contributed by atoms with van der Waals surface area (Å²) in [7, 11) is 0. The first-order valence-electron chi connectivity index (χ1n) is 5.01. The summed E-state index contributed by atoms with van der Waals surface area (Å²) in [6.07, 6.45) is 13.0. The summed E-state index contributed by atoms with van der Waals surface area (Å²) in [4.78, 5) is 0. The van der Waals surface area contributed by atoms with Crippen LogP contribution < -0.4 is 5.73 Å². The Labute approximate surface area is 85.3 Å². The molecule has 3 nitrogen and oxygen atoms in total. The minimum Gasteiger partial charge on any atom is -0.330 e. The van der Waals surface area contributed by atoms with Crippen LogP contribution >= 0.6 is 0 Å². The third-order valence-corrected chi connectivity index (χ3v) is 2.06. The lowest BCUT2D eigenvalue weighted by molar-refractivity contribution is 0.586. The molecule has 0 fully saturated rings. The van der Waals surface area contributed by atoms with Gasteiger partial charge in [0.25, 0.3) is 0 Å². The maximum atomic E-state index is 5.43. The Bertz CT molecular complexity index is 296. The van der Waals surface area contributed by atoms with E-state index in [9.17, 15) is 0 Å². The number of unbranched alkanes of at least 4 members (excludes halogenated alkanes) is 1. The van der Waals surface area contributed by atoms with E-state index in [4.69, 9.17) is 12.2 Å². The highest BCUT2D eigenvalue weighted by atomic mass is 15.3. The topological polar surface area (TPSA) is 43.8 Å². The molecule has 3 heteroatoms. The first kappa shape index (κ1) is 10.8. The van der Waals surface area contributed by atoms with Gasteiger partial charge in [0, 0.05) is 19.2 Å². The van der Waals surface area contributed by atoms with Crippen LogP contribution in [0.3, 0.4) is 0 Å². The van der Waals surface area contributed by atoms with E-state index < -0.39 is 0 Å². The molecule has 0 aliphatic heterocycles. The van der Waals surface area contributed by atoms with E-state index in [0.29, 0.717) is 0 Å². The van der Waals surface area contributed by atoms with Crippen LogP contribution in [0.25, 0.3) is 0 Å². The summed E-state index contributed by atoms with van der Waals surface area (Å²) < 4.78 is 1.95. The number of rotatable bonds is 6. The largest absolute Gasteiger partial charge is 0.330 e. The van der Waals surface area contributed by atoms with Crippen LogP contribution in [0.5, 0.6) is 0 Å². The van der Waals surface area contributed by atoms with E-state index in [2.05, 4.69) is 17.2 Å². The Hall–Kier alpha value is -1.27. The lowest BCUT2D eigenvalue weighted by Gasteiger charge is -1.97. The monoisotopic (exact) mass is 191 g/mol. The molecule has 0 unspecified atom stereocenters. The van der Waals surface area contributed by atoms with Gasteiger partial charge in [-0.1, -0.05) is 0 Å². The molecule has 0 atom stereocenters. The van der Waals surface area contributed by atoms with Crippen molar-refractivity contribution in [3.8, 4) is 12.3 Å². The zero-order chi connectivity index (χ0) is 10.2. The van der Waals surface area contributed by atoms with Crippen molar-refractivity contribution in [3.63, 3.8) is 0 Å². The number of hydrogen-bond acceptors (Lipinski definition) is 2. The molecular weight excluding hydrogens is 174 g/mol. The second-order valence-corrected chi connectivity index (χ2v) is 3.31. The molecule has 14 heavy (non-hydrogen) atoms. The summed E-state index contributed by atoms with van der Waals surface area (Å²) in [6, 6.07) is 0. The Morgan fingerprint density at radius 3 is 3.07 bits per heavy atom. The molecule has 76 valence electrons. The van der Waals surface area contributed by atoms with Crippen LogP contribution in [0.2, 0.25) is 0 Å². The van der Waals surface area contributed by atoms with Gasteiger partial charge in [-0.25, -0.2) is 0 Å². The van der Waals surface area contributed by atoms with Crippen molar-refractivity contribution in [2.75, 3.05) is 6.54 Å². The van der Waals surface area contributed by atoms with E-state index in [1.165, 1.54) is 5.56 Å². The van der Waals surface area contributed by atoms with Crippen molar-refractivity contribution in [2.45, 2.75) is 32.2 Å². The molecule has 2 N–H and O–H groups in total. The molecule has 1 aromatic heterocycles. The highest BCUT2D eigenvalue weighted by Crippen LogP contribution is 2.02. The van der Waals surface area contributed by atoms with Gasteiger partial charge in [0.1, 0.15) is 0 Å². The van der Waals surface area contributed by atoms with Crippen LogP contribution in [0.4, 0.5) is 0 Å². The molecule has 0 aromatic carbocycles. The van der Waals surface area contributed by atoms with Gasteiger partial charge in [-0.05, 0) is 31.4 Å². The zero-order valence-corrected chi connectivity index (χ0v) is 8.45. The van der Waals surface area contributed by atoms with Gasteiger partial charge in [-0.15, -0.1) is 12.3 Å². The predicted octanol–water partition coefficient (Wildman–Crippen LogP) is 1.19. The van der Waals surface area contributed by atoms with Gasteiger partial charge in [-0.3, -0.25) is 4.68 Å². The van der Waals surface area contributed by atoms with Gasteiger partial charge in [0.2, 0.25) is 0 Å². The van der Waals surface area contributed by atoms with E-state index in [1.807, 2.05) is 10.9 Å².